The number of carbonyl (C=O) groups is 1. The summed E-state index contributed by atoms with van der Waals surface area (Å²) in [5.41, 5.74) is 0.405. The maximum absolute atomic E-state index is 10.8. The van der Waals surface area contributed by atoms with Gasteiger partial charge in [0.25, 0.3) is 0 Å². The van der Waals surface area contributed by atoms with E-state index in [1.807, 2.05) is 0 Å². The largest absolute Gasteiger partial charge is 0.545 e. The molecule has 0 bridgehead atoms. The third-order valence-electron chi connectivity index (χ3n) is 2.48. The van der Waals surface area contributed by atoms with Crippen molar-refractivity contribution in [2.75, 3.05) is 6.79 Å². The molecule has 0 atom stereocenters. The molecule has 0 saturated heterocycles. The second kappa shape index (κ2) is 3.49. The first-order valence-electron chi connectivity index (χ1n) is 4.76. The Morgan fingerprint density at radius 2 is 2.00 bits per heavy atom. The first-order valence-corrected chi connectivity index (χ1v) is 5.14. The number of rotatable bonds is 1. The molecule has 17 heavy (non-hydrogen) atoms. The highest BCUT2D eigenvalue weighted by molar-refractivity contribution is 6.32. The molecule has 6 heteroatoms. The van der Waals surface area contributed by atoms with Crippen LogP contribution in [-0.4, -0.2) is 17.7 Å². The van der Waals surface area contributed by atoms with E-state index in [2.05, 4.69) is 4.98 Å². The average molecular weight is 251 g/mol. The number of carbonyl (C=O) groups excluding carboxylic acids is 1. The van der Waals surface area contributed by atoms with E-state index in [-0.39, 0.29) is 17.5 Å². The Bertz CT molecular complexity index is 641. The van der Waals surface area contributed by atoms with Gasteiger partial charge in [-0.25, -0.2) is 4.98 Å². The monoisotopic (exact) mass is 250 g/mol. The van der Waals surface area contributed by atoms with Crippen LogP contribution in [0.25, 0.3) is 10.9 Å². The van der Waals surface area contributed by atoms with Gasteiger partial charge in [0.05, 0.1) is 11.5 Å². The Morgan fingerprint density at radius 3 is 2.71 bits per heavy atom. The summed E-state index contributed by atoms with van der Waals surface area (Å²) >= 11 is 5.75. The Kier molecular flexibility index (Phi) is 2.09. The highest BCUT2D eigenvalue weighted by atomic mass is 35.5. The molecule has 5 nitrogen and oxygen atoms in total. The topological polar surface area (TPSA) is 71.5 Å². The van der Waals surface area contributed by atoms with E-state index in [9.17, 15) is 9.90 Å². The Balaban J connectivity index is 2.29. The smallest absolute Gasteiger partial charge is 0.231 e. The molecule has 1 aromatic heterocycles. The molecule has 1 aliphatic rings. The molecule has 2 aromatic rings. The zero-order valence-corrected chi connectivity index (χ0v) is 9.15. The second-order valence-corrected chi connectivity index (χ2v) is 3.87. The van der Waals surface area contributed by atoms with Crippen LogP contribution in [0.3, 0.4) is 0 Å². The van der Waals surface area contributed by atoms with E-state index in [4.69, 9.17) is 21.1 Å². The van der Waals surface area contributed by atoms with Crippen molar-refractivity contribution in [3.63, 3.8) is 0 Å². The predicted molar refractivity (Wildman–Crippen MR) is 57.2 cm³/mol. The fourth-order valence-electron chi connectivity index (χ4n) is 1.68. The standard InChI is InChI=1S/C11H6ClNO4/c12-10-6(11(14)15)1-5-2-8-9(17-4-16-8)3-7(5)13-10/h1-3H,4H2,(H,14,15)/p-1. The molecule has 0 fully saturated rings. The average Bonchev–Trinajstić information content (AvgIpc) is 2.71. The van der Waals surface area contributed by atoms with E-state index in [0.29, 0.717) is 22.4 Å². The number of aromatic carboxylic acids is 1. The molecule has 0 aliphatic carbocycles. The number of halogens is 1. The Labute approximate surface area is 101 Å². The van der Waals surface area contributed by atoms with Crippen LogP contribution in [0.2, 0.25) is 5.15 Å². The van der Waals surface area contributed by atoms with Crippen molar-refractivity contribution in [2.45, 2.75) is 0 Å². The van der Waals surface area contributed by atoms with E-state index in [1.54, 1.807) is 12.1 Å². The normalized spacial score (nSPS) is 13.0. The SMILES string of the molecule is O=C([O-])c1cc2cc3c(cc2nc1Cl)OCO3. The summed E-state index contributed by atoms with van der Waals surface area (Å²) < 4.78 is 10.4. The van der Waals surface area contributed by atoms with Crippen molar-refractivity contribution in [1.82, 2.24) is 4.98 Å². The summed E-state index contributed by atoms with van der Waals surface area (Å²) in [4.78, 5) is 14.8. The fourth-order valence-corrected chi connectivity index (χ4v) is 1.91. The van der Waals surface area contributed by atoms with Crippen molar-refractivity contribution in [3.05, 3.63) is 28.9 Å². The minimum absolute atomic E-state index is 0.101. The molecule has 0 saturated carbocycles. The van der Waals surface area contributed by atoms with Crippen molar-refractivity contribution < 1.29 is 19.4 Å². The van der Waals surface area contributed by atoms with Crippen LogP contribution in [0, 0.1) is 0 Å². The Morgan fingerprint density at radius 1 is 1.29 bits per heavy atom. The number of hydrogen-bond donors (Lipinski definition) is 0. The van der Waals surface area contributed by atoms with Crippen LogP contribution < -0.4 is 14.6 Å². The van der Waals surface area contributed by atoms with Gasteiger partial charge in [0, 0.05) is 17.0 Å². The van der Waals surface area contributed by atoms with Gasteiger partial charge in [-0.2, -0.15) is 0 Å². The summed E-state index contributed by atoms with van der Waals surface area (Å²) in [5.74, 6) is -0.227. The number of fused-ring (bicyclic) bond motifs is 2. The van der Waals surface area contributed by atoms with Gasteiger partial charge in [-0.3, -0.25) is 0 Å². The first kappa shape index (κ1) is 10.2. The van der Waals surface area contributed by atoms with E-state index in [1.165, 1.54) is 6.07 Å². The molecule has 2 heterocycles. The highest BCUT2D eigenvalue weighted by Crippen LogP contribution is 2.36. The summed E-state index contributed by atoms with van der Waals surface area (Å²) in [6, 6.07) is 4.72. The maximum atomic E-state index is 10.8. The lowest BCUT2D eigenvalue weighted by molar-refractivity contribution is -0.255. The lowest BCUT2D eigenvalue weighted by Gasteiger charge is -2.07. The molecule has 0 spiro atoms. The zero-order valence-electron chi connectivity index (χ0n) is 8.40. The Hall–Kier alpha value is -2.01. The number of carboxylic acid groups (broad SMARTS) is 1. The molecule has 3 rings (SSSR count). The van der Waals surface area contributed by atoms with E-state index >= 15 is 0 Å². The van der Waals surface area contributed by atoms with Gasteiger partial charge in [-0.15, -0.1) is 0 Å². The summed E-state index contributed by atoms with van der Waals surface area (Å²) in [6.45, 7) is 0.146. The number of aromatic nitrogens is 1. The molecule has 1 aliphatic heterocycles. The van der Waals surface area contributed by atoms with E-state index in [0.717, 1.165) is 0 Å². The molecule has 1 aromatic carbocycles. The van der Waals surface area contributed by atoms with Crippen LogP contribution in [-0.2, 0) is 0 Å². The van der Waals surface area contributed by atoms with Gasteiger partial charge in [-0.05, 0) is 12.1 Å². The lowest BCUT2D eigenvalue weighted by Crippen LogP contribution is -2.22. The summed E-state index contributed by atoms with van der Waals surface area (Å²) in [7, 11) is 0. The van der Waals surface area contributed by atoms with Crippen molar-refractivity contribution >= 4 is 28.5 Å². The van der Waals surface area contributed by atoms with Crippen molar-refractivity contribution in [1.29, 1.82) is 0 Å². The van der Waals surface area contributed by atoms with Crippen LogP contribution in [0.4, 0.5) is 0 Å². The van der Waals surface area contributed by atoms with Crippen LogP contribution in [0.5, 0.6) is 11.5 Å². The molecule has 0 unspecified atom stereocenters. The van der Waals surface area contributed by atoms with Gasteiger partial charge < -0.3 is 19.4 Å². The van der Waals surface area contributed by atoms with Gasteiger partial charge in [-0.1, -0.05) is 11.6 Å². The van der Waals surface area contributed by atoms with Crippen molar-refractivity contribution in [2.24, 2.45) is 0 Å². The quantitative estimate of drug-likeness (QED) is 0.706. The van der Waals surface area contributed by atoms with Crippen LogP contribution >= 0.6 is 11.6 Å². The van der Waals surface area contributed by atoms with Crippen LogP contribution in [0.15, 0.2) is 18.2 Å². The van der Waals surface area contributed by atoms with Gasteiger partial charge in [0.15, 0.2) is 11.5 Å². The molecular weight excluding hydrogens is 246 g/mol. The number of carboxylic acids is 1. The van der Waals surface area contributed by atoms with Gasteiger partial charge >= 0.3 is 0 Å². The van der Waals surface area contributed by atoms with Crippen LogP contribution in [0.1, 0.15) is 10.4 Å². The third kappa shape index (κ3) is 1.55. The minimum atomic E-state index is -1.36. The predicted octanol–water partition coefficient (Wildman–Crippen LogP) is 0.980. The first-order chi connectivity index (χ1) is 8.15. The van der Waals surface area contributed by atoms with Gasteiger partial charge in [0.2, 0.25) is 6.79 Å². The summed E-state index contributed by atoms with van der Waals surface area (Å²) in [6.07, 6.45) is 0. The number of benzene rings is 1. The molecular formula is C11H5ClNO4-. The lowest BCUT2D eigenvalue weighted by atomic mass is 10.1. The summed E-state index contributed by atoms with van der Waals surface area (Å²) in [5, 5.41) is 11.3. The molecule has 0 amide bonds. The number of nitrogens with zero attached hydrogens (tertiary/aromatic N) is 1. The highest BCUT2D eigenvalue weighted by Gasteiger charge is 2.16. The number of ether oxygens (including phenoxy) is 2. The molecule has 0 radical (unpaired) electrons. The molecule has 0 N–H and O–H groups in total. The zero-order chi connectivity index (χ0) is 12.0. The fraction of sp³-hybridized carbons (Fsp3) is 0.0909. The number of pyridine rings is 1. The number of hydrogen-bond acceptors (Lipinski definition) is 5. The van der Waals surface area contributed by atoms with E-state index < -0.39 is 5.97 Å². The molecule has 86 valence electrons. The maximum Gasteiger partial charge on any atom is 0.231 e. The second-order valence-electron chi connectivity index (χ2n) is 3.51. The third-order valence-corrected chi connectivity index (χ3v) is 2.77. The van der Waals surface area contributed by atoms with Crippen molar-refractivity contribution in [3.8, 4) is 11.5 Å². The van der Waals surface area contributed by atoms with Gasteiger partial charge in [0.1, 0.15) is 5.15 Å². The minimum Gasteiger partial charge on any atom is -0.545 e.